The van der Waals surface area contributed by atoms with E-state index in [-0.39, 0.29) is 30.5 Å². The van der Waals surface area contributed by atoms with Crippen LogP contribution in [0.1, 0.15) is 12.8 Å². The van der Waals surface area contributed by atoms with Gasteiger partial charge >= 0.3 is 5.97 Å². The second-order valence-electron chi connectivity index (χ2n) is 6.00. The number of carbonyl (C=O) groups excluding carboxylic acids is 1. The van der Waals surface area contributed by atoms with E-state index in [4.69, 9.17) is 21.1 Å². The van der Waals surface area contributed by atoms with E-state index in [0.29, 0.717) is 23.6 Å². The maximum absolute atomic E-state index is 11.3. The lowest BCUT2D eigenvalue weighted by Crippen LogP contribution is -2.20. The van der Waals surface area contributed by atoms with Crippen molar-refractivity contribution in [3.8, 4) is 5.75 Å². The number of benzene rings is 1. The first-order chi connectivity index (χ1) is 11.0. The van der Waals surface area contributed by atoms with E-state index < -0.39 is 12.2 Å². The van der Waals surface area contributed by atoms with Crippen LogP contribution in [0.5, 0.6) is 5.75 Å². The molecule has 2 aliphatic rings. The normalized spacial score (nSPS) is 31.2. The van der Waals surface area contributed by atoms with Gasteiger partial charge in [0.2, 0.25) is 0 Å². The highest BCUT2D eigenvalue weighted by Gasteiger charge is 2.48. The molecule has 5 nitrogen and oxygen atoms in total. The smallest absolute Gasteiger partial charge is 0.306 e. The number of rotatable bonds is 5. The number of halogens is 1. The largest absolute Gasteiger partial charge is 0.491 e. The quantitative estimate of drug-likeness (QED) is 0.634. The summed E-state index contributed by atoms with van der Waals surface area (Å²) in [5.41, 5.74) is 0. The van der Waals surface area contributed by atoms with Crippen molar-refractivity contribution >= 4 is 17.6 Å². The van der Waals surface area contributed by atoms with E-state index in [2.05, 4.69) is 0 Å². The highest BCUT2D eigenvalue weighted by Crippen LogP contribution is 2.42. The van der Waals surface area contributed by atoms with Crippen molar-refractivity contribution in [2.24, 2.45) is 11.8 Å². The number of esters is 1. The lowest BCUT2D eigenvalue weighted by molar-refractivity contribution is -0.141. The van der Waals surface area contributed by atoms with Gasteiger partial charge < -0.3 is 19.7 Å². The first-order valence-electron chi connectivity index (χ1n) is 7.65. The Morgan fingerprint density at radius 3 is 3.09 bits per heavy atom. The lowest BCUT2D eigenvalue weighted by atomic mass is 9.91. The summed E-state index contributed by atoms with van der Waals surface area (Å²) in [6, 6.07) is 6.94. The van der Waals surface area contributed by atoms with Crippen LogP contribution in [0.3, 0.4) is 0 Å². The van der Waals surface area contributed by atoms with Gasteiger partial charge in [-0.15, -0.1) is 0 Å². The molecule has 2 fully saturated rings. The lowest BCUT2D eigenvalue weighted by Gasteiger charge is -2.15. The molecule has 0 unspecified atom stereocenters. The van der Waals surface area contributed by atoms with Crippen molar-refractivity contribution in [2.45, 2.75) is 31.2 Å². The molecule has 1 saturated heterocycles. The van der Waals surface area contributed by atoms with Crippen molar-refractivity contribution in [3.63, 3.8) is 0 Å². The van der Waals surface area contributed by atoms with E-state index in [1.54, 1.807) is 36.4 Å². The molecule has 1 aliphatic carbocycles. The maximum Gasteiger partial charge on any atom is 0.306 e. The van der Waals surface area contributed by atoms with Gasteiger partial charge in [0.05, 0.1) is 12.5 Å². The van der Waals surface area contributed by atoms with Crippen molar-refractivity contribution in [3.05, 3.63) is 41.4 Å². The Kier molecular flexibility index (Phi) is 4.90. The van der Waals surface area contributed by atoms with Crippen LogP contribution in [0.15, 0.2) is 36.4 Å². The second-order valence-corrected chi connectivity index (χ2v) is 6.43. The van der Waals surface area contributed by atoms with Crippen molar-refractivity contribution in [1.29, 1.82) is 0 Å². The number of carbonyl (C=O) groups is 1. The van der Waals surface area contributed by atoms with Crippen LogP contribution in [0, 0.1) is 11.8 Å². The highest BCUT2D eigenvalue weighted by molar-refractivity contribution is 6.30. The predicted octanol–water partition coefficient (Wildman–Crippen LogP) is 1.95. The molecular formula is C17H19ClO5. The Labute approximate surface area is 139 Å². The first kappa shape index (κ1) is 16.3. The monoisotopic (exact) mass is 338 g/mol. The molecule has 0 aromatic heterocycles. The molecule has 1 aromatic carbocycles. The molecular weight excluding hydrogens is 320 g/mol. The topological polar surface area (TPSA) is 76.0 Å². The third-order valence-electron chi connectivity index (χ3n) is 4.35. The van der Waals surface area contributed by atoms with Crippen LogP contribution in [0.4, 0.5) is 0 Å². The van der Waals surface area contributed by atoms with Crippen molar-refractivity contribution in [1.82, 2.24) is 0 Å². The fraction of sp³-hybridized carbons (Fsp3) is 0.471. The zero-order valence-electron chi connectivity index (χ0n) is 12.5. The van der Waals surface area contributed by atoms with Gasteiger partial charge in [-0.1, -0.05) is 29.8 Å². The summed E-state index contributed by atoms with van der Waals surface area (Å²) < 4.78 is 10.6. The summed E-state index contributed by atoms with van der Waals surface area (Å²) >= 11 is 5.86. The molecule has 1 aromatic rings. The van der Waals surface area contributed by atoms with Gasteiger partial charge in [-0.2, -0.15) is 0 Å². The zero-order chi connectivity index (χ0) is 16.4. The second kappa shape index (κ2) is 6.91. The van der Waals surface area contributed by atoms with E-state index in [1.165, 1.54) is 0 Å². The number of hydrogen-bond acceptors (Lipinski definition) is 5. The summed E-state index contributed by atoms with van der Waals surface area (Å²) in [6.45, 7) is 0.0865. The third kappa shape index (κ3) is 3.86. The van der Waals surface area contributed by atoms with Gasteiger partial charge in [0.15, 0.2) is 0 Å². The summed E-state index contributed by atoms with van der Waals surface area (Å²) in [4.78, 5) is 11.3. The van der Waals surface area contributed by atoms with Crippen LogP contribution in [0.25, 0.3) is 0 Å². The fourth-order valence-corrected chi connectivity index (χ4v) is 3.42. The van der Waals surface area contributed by atoms with Crippen molar-refractivity contribution < 1.29 is 24.5 Å². The molecule has 23 heavy (non-hydrogen) atoms. The van der Waals surface area contributed by atoms with E-state index in [1.807, 2.05) is 0 Å². The molecule has 1 saturated carbocycles. The first-order valence-corrected chi connectivity index (χ1v) is 8.03. The Bertz CT molecular complexity index is 602. The zero-order valence-corrected chi connectivity index (χ0v) is 13.2. The SMILES string of the molecule is O=C1C[C@H]2[C@H](/C=C/[C@H](O)COc3cccc(Cl)c3)[C@@H](O)C[C@H]2O1. The molecule has 0 amide bonds. The number of hydrogen-bond donors (Lipinski definition) is 2. The minimum Gasteiger partial charge on any atom is -0.491 e. The van der Waals surface area contributed by atoms with Gasteiger partial charge in [-0.25, -0.2) is 0 Å². The molecule has 5 atom stereocenters. The van der Waals surface area contributed by atoms with E-state index >= 15 is 0 Å². The standard InChI is InChI=1S/C17H19ClO5/c18-10-2-1-3-12(6-10)22-9-11(19)4-5-13-14-7-17(21)23-16(14)8-15(13)20/h1-6,11,13-16,19-20H,7-9H2/b5-4+/t11-,13-,14-,15-,16+/m0/s1. The van der Waals surface area contributed by atoms with Gasteiger partial charge in [-0.3, -0.25) is 4.79 Å². The summed E-state index contributed by atoms with van der Waals surface area (Å²) in [6.07, 6.45) is 2.60. The van der Waals surface area contributed by atoms with E-state index in [9.17, 15) is 15.0 Å². The number of fused-ring (bicyclic) bond motifs is 1. The van der Waals surface area contributed by atoms with Crippen LogP contribution in [-0.4, -0.2) is 41.1 Å². The summed E-state index contributed by atoms with van der Waals surface area (Å²) in [7, 11) is 0. The van der Waals surface area contributed by atoms with Crippen molar-refractivity contribution in [2.75, 3.05) is 6.61 Å². The Morgan fingerprint density at radius 1 is 1.48 bits per heavy atom. The molecule has 3 rings (SSSR count). The predicted molar refractivity (Wildman–Crippen MR) is 84.2 cm³/mol. The molecule has 6 heteroatoms. The molecule has 1 aliphatic heterocycles. The van der Waals surface area contributed by atoms with Gasteiger partial charge in [0.1, 0.15) is 24.6 Å². The third-order valence-corrected chi connectivity index (χ3v) is 4.58. The van der Waals surface area contributed by atoms with Gasteiger partial charge in [-0.05, 0) is 18.2 Å². The summed E-state index contributed by atoms with van der Waals surface area (Å²) in [5.74, 6) is 0.193. The van der Waals surface area contributed by atoms with E-state index in [0.717, 1.165) is 0 Å². The Morgan fingerprint density at radius 2 is 2.30 bits per heavy atom. The minimum absolute atomic E-state index is 0.00482. The minimum atomic E-state index is -0.807. The maximum atomic E-state index is 11.3. The number of aliphatic hydroxyl groups is 2. The Hall–Kier alpha value is -1.56. The highest BCUT2D eigenvalue weighted by atomic mass is 35.5. The molecule has 0 bridgehead atoms. The average Bonchev–Trinajstić information content (AvgIpc) is 2.98. The van der Waals surface area contributed by atoms with Crippen LogP contribution < -0.4 is 4.74 Å². The molecule has 124 valence electrons. The summed E-state index contributed by atoms with van der Waals surface area (Å²) in [5, 5.41) is 20.6. The number of ether oxygens (including phenoxy) is 2. The van der Waals surface area contributed by atoms with Gasteiger partial charge in [0.25, 0.3) is 0 Å². The van der Waals surface area contributed by atoms with Gasteiger partial charge in [0, 0.05) is 23.3 Å². The molecule has 2 N–H and O–H groups in total. The van der Waals surface area contributed by atoms with Crippen LogP contribution in [-0.2, 0) is 9.53 Å². The molecule has 0 spiro atoms. The average molecular weight is 339 g/mol. The number of aliphatic hydroxyl groups excluding tert-OH is 2. The Balaban J connectivity index is 1.53. The fourth-order valence-electron chi connectivity index (χ4n) is 3.24. The van der Waals surface area contributed by atoms with Crippen LogP contribution in [0.2, 0.25) is 5.02 Å². The molecule has 1 heterocycles. The van der Waals surface area contributed by atoms with Crippen LogP contribution >= 0.6 is 11.6 Å². The molecule has 0 radical (unpaired) electrons.